The summed E-state index contributed by atoms with van der Waals surface area (Å²) in [5, 5.41) is 3.27. The van der Waals surface area contributed by atoms with Crippen molar-refractivity contribution in [1.82, 2.24) is 0 Å². The van der Waals surface area contributed by atoms with E-state index in [4.69, 9.17) is 0 Å². The fourth-order valence-corrected chi connectivity index (χ4v) is 1.24. The molecular weight excluding hydrogens is 214 g/mol. The second-order valence-corrected chi connectivity index (χ2v) is 3.48. The minimum Gasteiger partial charge on any atom is -0.322 e. The normalized spacial score (nSPS) is 9.07. The molecule has 1 aromatic rings. The molecule has 1 N–H and O–H groups in total. The standard InChI is InChI=1S/C10H9NO3S/c1-8(7-15(13)14)10(12)11-9-5-3-2-4-6-9/h2-7H,1H2,(H,11,12). The monoisotopic (exact) mass is 223 g/mol. The lowest BCUT2D eigenvalue weighted by molar-refractivity contribution is -0.112. The van der Waals surface area contributed by atoms with Crippen molar-refractivity contribution in [3.05, 3.63) is 42.5 Å². The summed E-state index contributed by atoms with van der Waals surface area (Å²) < 4.78 is 20.5. The van der Waals surface area contributed by atoms with Crippen LogP contribution in [0.3, 0.4) is 0 Å². The molecule has 1 amide bonds. The van der Waals surface area contributed by atoms with Crippen LogP contribution in [0.15, 0.2) is 42.5 Å². The third-order valence-electron chi connectivity index (χ3n) is 1.56. The minimum atomic E-state index is -2.41. The summed E-state index contributed by atoms with van der Waals surface area (Å²) in [7, 11) is -2.41. The number of para-hydroxylation sites is 1. The molecule has 0 aliphatic heterocycles. The van der Waals surface area contributed by atoms with Gasteiger partial charge in [-0.3, -0.25) is 4.79 Å². The molecule has 0 radical (unpaired) electrons. The molecule has 0 bridgehead atoms. The highest BCUT2D eigenvalue weighted by molar-refractivity contribution is 7.71. The first-order chi connectivity index (χ1) is 7.09. The van der Waals surface area contributed by atoms with Crippen LogP contribution >= 0.6 is 0 Å². The van der Waals surface area contributed by atoms with E-state index in [2.05, 4.69) is 11.9 Å². The summed E-state index contributed by atoms with van der Waals surface area (Å²) in [6.07, 6.45) is 0. The molecule has 15 heavy (non-hydrogen) atoms. The first-order valence-corrected chi connectivity index (χ1v) is 5.21. The van der Waals surface area contributed by atoms with Crippen LogP contribution in [-0.2, 0) is 15.1 Å². The first-order valence-electron chi connectivity index (χ1n) is 4.08. The lowest BCUT2D eigenvalue weighted by atomic mass is 10.3. The van der Waals surface area contributed by atoms with Crippen molar-refractivity contribution >= 4 is 27.3 Å². The maximum atomic E-state index is 11.3. The topological polar surface area (TPSA) is 63.2 Å². The van der Waals surface area contributed by atoms with Gasteiger partial charge >= 0.3 is 0 Å². The third kappa shape index (κ3) is 3.78. The Morgan fingerprint density at radius 1 is 1.27 bits per heavy atom. The van der Waals surface area contributed by atoms with Gasteiger partial charge in [-0.1, -0.05) is 24.8 Å². The summed E-state index contributed by atoms with van der Waals surface area (Å²) in [6.45, 7) is 3.33. The number of hydrogen-bond donors (Lipinski definition) is 1. The zero-order chi connectivity index (χ0) is 11.3. The van der Waals surface area contributed by atoms with Crippen LogP contribution in [0, 0.1) is 0 Å². The Morgan fingerprint density at radius 2 is 1.87 bits per heavy atom. The molecule has 0 saturated carbocycles. The van der Waals surface area contributed by atoms with E-state index in [9.17, 15) is 13.2 Å². The number of carbonyl (C=O) groups excluding carboxylic acids is 1. The van der Waals surface area contributed by atoms with Crippen LogP contribution in [0.5, 0.6) is 0 Å². The van der Waals surface area contributed by atoms with E-state index >= 15 is 0 Å². The fraction of sp³-hybridized carbons (Fsp3) is 0. The Morgan fingerprint density at radius 3 is 2.40 bits per heavy atom. The van der Waals surface area contributed by atoms with Gasteiger partial charge in [-0.05, 0) is 12.1 Å². The molecule has 0 aliphatic rings. The number of anilines is 1. The van der Waals surface area contributed by atoms with E-state index in [0.29, 0.717) is 5.69 Å². The number of rotatable bonds is 3. The summed E-state index contributed by atoms with van der Waals surface area (Å²) in [5.74, 6) is -0.537. The zero-order valence-electron chi connectivity index (χ0n) is 7.80. The highest BCUT2D eigenvalue weighted by atomic mass is 32.2. The molecule has 0 fully saturated rings. The third-order valence-corrected chi connectivity index (χ3v) is 2.04. The first kappa shape index (κ1) is 11.2. The Hall–Kier alpha value is -1.88. The maximum Gasteiger partial charge on any atom is 0.256 e. The molecule has 0 aliphatic carbocycles. The highest BCUT2D eigenvalue weighted by Crippen LogP contribution is 2.05. The van der Waals surface area contributed by atoms with E-state index in [-0.39, 0.29) is 5.57 Å². The average Bonchev–Trinajstić information content (AvgIpc) is 2.18. The number of hydrogen-bond acceptors (Lipinski definition) is 3. The Bertz CT molecular complexity index is 495. The second-order valence-electron chi connectivity index (χ2n) is 2.72. The Kier molecular flexibility index (Phi) is 3.82. The lowest BCUT2D eigenvalue weighted by Gasteiger charge is -2.02. The van der Waals surface area contributed by atoms with Gasteiger partial charge in [-0.25, -0.2) is 0 Å². The minimum absolute atomic E-state index is 0.104. The lowest BCUT2D eigenvalue weighted by Crippen LogP contribution is -2.14. The van der Waals surface area contributed by atoms with Gasteiger partial charge in [0.25, 0.3) is 5.91 Å². The van der Waals surface area contributed by atoms with E-state index in [0.717, 1.165) is 5.37 Å². The largest absolute Gasteiger partial charge is 0.322 e. The summed E-state index contributed by atoms with van der Waals surface area (Å²) in [6, 6.07) is 8.71. The molecule has 0 aromatic heterocycles. The van der Waals surface area contributed by atoms with Crippen molar-refractivity contribution in [2.24, 2.45) is 0 Å². The van der Waals surface area contributed by atoms with Gasteiger partial charge in [0.2, 0.25) is 10.3 Å². The molecule has 1 rings (SSSR count). The Balaban J connectivity index is 2.73. The van der Waals surface area contributed by atoms with Gasteiger partial charge in [0.15, 0.2) is 0 Å². The SMILES string of the molecule is C=C(C=S(=O)=O)C(=O)Nc1ccccc1. The molecule has 0 spiro atoms. The predicted octanol–water partition coefficient (Wildman–Crippen LogP) is 0.863. The maximum absolute atomic E-state index is 11.3. The van der Waals surface area contributed by atoms with Crippen LogP contribution in [-0.4, -0.2) is 19.7 Å². The smallest absolute Gasteiger partial charge is 0.256 e. The van der Waals surface area contributed by atoms with Gasteiger partial charge < -0.3 is 5.32 Å². The molecule has 0 atom stereocenters. The van der Waals surface area contributed by atoms with Gasteiger partial charge in [0.05, 0.1) is 5.37 Å². The Labute approximate surface area is 88.8 Å². The predicted molar refractivity (Wildman–Crippen MR) is 59.2 cm³/mol. The van der Waals surface area contributed by atoms with Crippen LogP contribution in [0.25, 0.3) is 0 Å². The van der Waals surface area contributed by atoms with Crippen molar-refractivity contribution in [2.75, 3.05) is 5.32 Å². The zero-order valence-corrected chi connectivity index (χ0v) is 8.62. The van der Waals surface area contributed by atoms with Crippen LogP contribution in [0.1, 0.15) is 0 Å². The molecule has 1 aromatic carbocycles. The quantitative estimate of drug-likeness (QED) is 0.610. The van der Waals surface area contributed by atoms with Crippen LogP contribution in [0.4, 0.5) is 5.69 Å². The molecule has 0 heterocycles. The molecule has 5 heteroatoms. The summed E-state index contributed by atoms with van der Waals surface area (Å²) in [4.78, 5) is 11.3. The average molecular weight is 223 g/mol. The van der Waals surface area contributed by atoms with Crippen molar-refractivity contribution < 1.29 is 13.2 Å². The molecule has 78 valence electrons. The molecule has 4 nitrogen and oxygen atoms in total. The molecule has 0 unspecified atom stereocenters. The van der Waals surface area contributed by atoms with Gasteiger partial charge in [-0.15, -0.1) is 0 Å². The fourth-order valence-electron chi connectivity index (χ4n) is 0.903. The molecular formula is C10H9NO3S. The van der Waals surface area contributed by atoms with Crippen LogP contribution < -0.4 is 5.32 Å². The van der Waals surface area contributed by atoms with Crippen molar-refractivity contribution in [2.45, 2.75) is 0 Å². The highest BCUT2D eigenvalue weighted by Gasteiger charge is 2.04. The number of amides is 1. The van der Waals surface area contributed by atoms with E-state index in [1.165, 1.54) is 0 Å². The van der Waals surface area contributed by atoms with Crippen LogP contribution in [0.2, 0.25) is 0 Å². The van der Waals surface area contributed by atoms with Crippen molar-refractivity contribution in [3.63, 3.8) is 0 Å². The van der Waals surface area contributed by atoms with Crippen molar-refractivity contribution in [3.8, 4) is 0 Å². The summed E-state index contributed by atoms with van der Waals surface area (Å²) >= 11 is 0. The summed E-state index contributed by atoms with van der Waals surface area (Å²) in [5.41, 5.74) is 0.487. The van der Waals surface area contributed by atoms with Gasteiger partial charge in [-0.2, -0.15) is 8.42 Å². The second kappa shape index (κ2) is 5.11. The van der Waals surface area contributed by atoms with E-state index < -0.39 is 16.2 Å². The number of carbonyl (C=O) groups is 1. The number of nitrogens with one attached hydrogen (secondary N) is 1. The number of benzene rings is 1. The van der Waals surface area contributed by atoms with Gasteiger partial charge in [0.1, 0.15) is 0 Å². The van der Waals surface area contributed by atoms with Crippen molar-refractivity contribution in [1.29, 1.82) is 0 Å². The molecule has 0 saturated heterocycles. The van der Waals surface area contributed by atoms with Gasteiger partial charge in [0, 0.05) is 11.3 Å². The van der Waals surface area contributed by atoms with E-state index in [1.54, 1.807) is 24.3 Å². The van der Waals surface area contributed by atoms with E-state index in [1.807, 2.05) is 6.07 Å².